The van der Waals surface area contributed by atoms with Crippen molar-refractivity contribution in [3.05, 3.63) is 23.9 Å². The highest BCUT2D eigenvalue weighted by molar-refractivity contribution is 5.39. The Kier molecular flexibility index (Phi) is 4.94. The van der Waals surface area contributed by atoms with Crippen LogP contribution >= 0.6 is 0 Å². The summed E-state index contributed by atoms with van der Waals surface area (Å²) in [6.07, 6.45) is 12.4. The fourth-order valence-corrected chi connectivity index (χ4v) is 4.00. The fraction of sp³-hybridized carbons (Fsp3) is 0.667. The third-order valence-electron chi connectivity index (χ3n) is 5.30. The molecule has 1 aromatic rings. The van der Waals surface area contributed by atoms with E-state index in [0.717, 1.165) is 12.4 Å². The van der Waals surface area contributed by atoms with Crippen LogP contribution in [0.15, 0.2) is 18.3 Å². The molecule has 0 amide bonds. The molecule has 2 fully saturated rings. The molecule has 22 heavy (non-hydrogen) atoms. The monoisotopic (exact) mass is 298 g/mol. The van der Waals surface area contributed by atoms with E-state index in [9.17, 15) is 0 Å². The standard InChI is InChI=1S/C18H26N4/c19-13-16-7-8-17(20-14-16)21-15-18(9-3-1-4-10-18)22-11-5-2-6-12-22/h7-8,14H,1-6,9-12,15H2,(H,20,21). The van der Waals surface area contributed by atoms with E-state index in [2.05, 4.69) is 21.3 Å². The second-order valence-electron chi connectivity index (χ2n) is 6.73. The molecule has 0 unspecified atom stereocenters. The Hall–Kier alpha value is -1.60. The predicted octanol–water partition coefficient (Wildman–Crippen LogP) is 3.55. The summed E-state index contributed by atoms with van der Waals surface area (Å²) >= 11 is 0. The molecule has 0 aromatic carbocycles. The lowest BCUT2D eigenvalue weighted by atomic mass is 9.79. The molecule has 118 valence electrons. The number of pyridine rings is 1. The Morgan fingerprint density at radius 2 is 1.82 bits per heavy atom. The molecule has 0 spiro atoms. The number of likely N-dealkylation sites (tertiary alicyclic amines) is 1. The first-order valence-electron chi connectivity index (χ1n) is 8.68. The predicted molar refractivity (Wildman–Crippen MR) is 88.7 cm³/mol. The summed E-state index contributed by atoms with van der Waals surface area (Å²) in [6.45, 7) is 3.48. The summed E-state index contributed by atoms with van der Waals surface area (Å²) < 4.78 is 0. The molecule has 0 bridgehead atoms. The van der Waals surface area contributed by atoms with Crippen molar-refractivity contribution in [3.63, 3.8) is 0 Å². The van der Waals surface area contributed by atoms with Crippen LogP contribution in [0, 0.1) is 11.3 Å². The van der Waals surface area contributed by atoms with Crippen LogP contribution in [0.4, 0.5) is 5.82 Å². The van der Waals surface area contributed by atoms with Gasteiger partial charge in [-0.2, -0.15) is 5.26 Å². The van der Waals surface area contributed by atoms with Crippen molar-refractivity contribution in [1.82, 2.24) is 9.88 Å². The highest BCUT2D eigenvalue weighted by atomic mass is 15.2. The summed E-state index contributed by atoms with van der Waals surface area (Å²) in [6, 6.07) is 5.88. The Morgan fingerprint density at radius 1 is 1.09 bits per heavy atom. The highest BCUT2D eigenvalue weighted by Gasteiger charge is 2.38. The van der Waals surface area contributed by atoms with E-state index in [0.29, 0.717) is 11.1 Å². The second-order valence-corrected chi connectivity index (χ2v) is 6.73. The maximum Gasteiger partial charge on any atom is 0.126 e. The third kappa shape index (κ3) is 3.41. The van der Waals surface area contributed by atoms with Crippen molar-refractivity contribution in [1.29, 1.82) is 5.26 Å². The molecule has 1 aromatic heterocycles. The quantitative estimate of drug-likeness (QED) is 0.923. The van der Waals surface area contributed by atoms with Gasteiger partial charge in [0.15, 0.2) is 0 Å². The summed E-state index contributed by atoms with van der Waals surface area (Å²) in [5, 5.41) is 12.4. The Balaban J connectivity index is 1.68. The molecule has 1 aliphatic carbocycles. The molecule has 1 saturated carbocycles. The smallest absolute Gasteiger partial charge is 0.126 e. The molecular formula is C18H26N4. The first kappa shape index (κ1) is 15.3. The Morgan fingerprint density at radius 3 is 2.45 bits per heavy atom. The van der Waals surface area contributed by atoms with Crippen LogP contribution in [0.5, 0.6) is 0 Å². The molecule has 2 aliphatic rings. The van der Waals surface area contributed by atoms with Crippen molar-refractivity contribution in [2.75, 3.05) is 25.0 Å². The molecule has 1 aliphatic heterocycles. The average molecular weight is 298 g/mol. The summed E-state index contributed by atoms with van der Waals surface area (Å²) in [5.74, 6) is 0.890. The van der Waals surface area contributed by atoms with E-state index in [1.165, 1.54) is 64.5 Å². The minimum absolute atomic E-state index is 0.314. The van der Waals surface area contributed by atoms with E-state index < -0.39 is 0 Å². The topological polar surface area (TPSA) is 52.0 Å². The molecular weight excluding hydrogens is 272 g/mol. The van der Waals surface area contributed by atoms with Crippen LogP contribution < -0.4 is 5.32 Å². The first-order valence-corrected chi connectivity index (χ1v) is 8.68. The largest absolute Gasteiger partial charge is 0.368 e. The van der Waals surface area contributed by atoms with Crippen molar-refractivity contribution in [2.45, 2.75) is 56.9 Å². The van der Waals surface area contributed by atoms with Gasteiger partial charge in [0.1, 0.15) is 11.9 Å². The SMILES string of the molecule is N#Cc1ccc(NCC2(N3CCCCC3)CCCCC2)nc1. The first-order chi connectivity index (χ1) is 10.8. The number of nitrogens with zero attached hydrogens (tertiary/aromatic N) is 3. The number of hydrogen-bond acceptors (Lipinski definition) is 4. The molecule has 2 heterocycles. The molecule has 1 N–H and O–H groups in total. The third-order valence-corrected chi connectivity index (χ3v) is 5.30. The van der Waals surface area contributed by atoms with Crippen molar-refractivity contribution in [2.24, 2.45) is 0 Å². The molecule has 0 atom stereocenters. The normalized spacial score (nSPS) is 22.0. The zero-order valence-corrected chi connectivity index (χ0v) is 13.4. The van der Waals surface area contributed by atoms with Gasteiger partial charge in [-0.15, -0.1) is 0 Å². The zero-order chi connectivity index (χ0) is 15.3. The van der Waals surface area contributed by atoms with Crippen LogP contribution in [-0.2, 0) is 0 Å². The van der Waals surface area contributed by atoms with Gasteiger partial charge >= 0.3 is 0 Å². The van der Waals surface area contributed by atoms with Gasteiger partial charge in [0, 0.05) is 18.3 Å². The van der Waals surface area contributed by atoms with E-state index in [-0.39, 0.29) is 0 Å². The maximum atomic E-state index is 8.86. The van der Waals surface area contributed by atoms with E-state index in [1.807, 2.05) is 12.1 Å². The van der Waals surface area contributed by atoms with Crippen LogP contribution in [0.2, 0.25) is 0 Å². The minimum Gasteiger partial charge on any atom is -0.368 e. The van der Waals surface area contributed by atoms with Gasteiger partial charge in [0.25, 0.3) is 0 Å². The van der Waals surface area contributed by atoms with Gasteiger partial charge in [-0.3, -0.25) is 4.90 Å². The van der Waals surface area contributed by atoms with Crippen LogP contribution in [-0.4, -0.2) is 35.1 Å². The average Bonchev–Trinajstić information content (AvgIpc) is 2.62. The lowest BCUT2D eigenvalue weighted by Crippen LogP contribution is -2.56. The maximum absolute atomic E-state index is 8.86. The molecule has 1 saturated heterocycles. The summed E-state index contributed by atoms with van der Waals surface area (Å²) in [5.41, 5.74) is 0.933. The molecule has 0 radical (unpaired) electrons. The molecule has 4 heteroatoms. The van der Waals surface area contributed by atoms with Gasteiger partial charge in [-0.1, -0.05) is 25.7 Å². The van der Waals surface area contributed by atoms with Gasteiger partial charge < -0.3 is 5.32 Å². The summed E-state index contributed by atoms with van der Waals surface area (Å²) in [7, 11) is 0. The van der Waals surface area contributed by atoms with Crippen LogP contribution in [0.25, 0.3) is 0 Å². The van der Waals surface area contributed by atoms with Crippen molar-refractivity contribution >= 4 is 5.82 Å². The fourth-order valence-electron chi connectivity index (χ4n) is 4.00. The van der Waals surface area contributed by atoms with Crippen molar-refractivity contribution in [3.8, 4) is 6.07 Å². The second kappa shape index (κ2) is 7.11. The van der Waals surface area contributed by atoms with Gasteiger partial charge in [0.2, 0.25) is 0 Å². The Bertz CT molecular complexity index is 505. The van der Waals surface area contributed by atoms with Gasteiger partial charge in [-0.05, 0) is 50.9 Å². The number of hydrogen-bond donors (Lipinski definition) is 1. The van der Waals surface area contributed by atoms with Crippen LogP contribution in [0.1, 0.15) is 56.9 Å². The minimum atomic E-state index is 0.314. The number of aromatic nitrogens is 1. The van der Waals surface area contributed by atoms with Gasteiger partial charge in [-0.25, -0.2) is 4.98 Å². The van der Waals surface area contributed by atoms with E-state index in [4.69, 9.17) is 5.26 Å². The number of nitrogens with one attached hydrogen (secondary N) is 1. The highest BCUT2D eigenvalue weighted by Crippen LogP contribution is 2.35. The zero-order valence-electron chi connectivity index (χ0n) is 13.4. The number of rotatable bonds is 4. The number of nitriles is 1. The van der Waals surface area contributed by atoms with Crippen LogP contribution in [0.3, 0.4) is 0 Å². The molecule has 3 rings (SSSR count). The number of piperidine rings is 1. The van der Waals surface area contributed by atoms with Gasteiger partial charge in [0.05, 0.1) is 5.56 Å². The lowest BCUT2D eigenvalue weighted by molar-refractivity contribution is 0.0437. The number of anilines is 1. The van der Waals surface area contributed by atoms with E-state index >= 15 is 0 Å². The molecule has 4 nitrogen and oxygen atoms in total. The lowest BCUT2D eigenvalue weighted by Gasteiger charge is -2.48. The Labute approximate surface area is 133 Å². The van der Waals surface area contributed by atoms with E-state index in [1.54, 1.807) is 6.20 Å². The van der Waals surface area contributed by atoms with Crippen molar-refractivity contribution < 1.29 is 0 Å². The summed E-state index contributed by atoms with van der Waals surface area (Å²) in [4.78, 5) is 7.10.